The second-order valence-electron chi connectivity index (χ2n) is 4.03. The molecular weight excluding hydrogens is 188 g/mol. The third-order valence-electron chi connectivity index (χ3n) is 2.59. The average Bonchev–Trinajstić information content (AvgIpc) is 2.67. The maximum absolute atomic E-state index is 5.50. The third-order valence-corrected chi connectivity index (χ3v) is 2.59. The van der Waals surface area contributed by atoms with Crippen molar-refractivity contribution in [1.29, 1.82) is 0 Å². The van der Waals surface area contributed by atoms with E-state index in [0.717, 1.165) is 5.82 Å². The molecule has 0 aliphatic heterocycles. The predicted molar refractivity (Wildman–Crippen MR) is 59.4 cm³/mol. The Morgan fingerprint density at radius 3 is 2.40 bits per heavy atom. The van der Waals surface area contributed by atoms with Gasteiger partial charge in [-0.05, 0) is 19.4 Å². The molecule has 4 nitrogen and oxygen atoms in total. The van der Waals surface area contributed by atoms with Crippen LogP contribution in [-0.2, 0) is 5.41 Å². The molecule has 3 N–H and O–H groups in total. The molecule has 2 aromatic rings. The van der Waals surface area contributed by atoms with Gasteiger partial charge in [0.15, 0.2) is 0 Å². The van der Waals surface area contributed by atoms with E-state index in [1.54, 1.807) is 0 Å². The zero-order valence-corrected chi connectivity index (χ0v) is 8.86. The van der Waals surface area contributed by atoms with Gasteiger partial charge in [-0.15, -0.1) is 5.10 Å². The van der Waals surface area contributed by atoms with Crippen molar-refractivity contribution < 1.29 is 0 Å². The van der Waals surface area contributed by atoms with Gasteiger partial charge >= 0.3 is 0 Å². The molecule has 1 aromatic carbocycles. The number of hydrogen-bond donors (Lipinski definition) is 2. The predicted octanol–water partition coefficient (Wildman–Crippen LogP) is 1.71. The first-order valence-electron chi connectivity index (χ1n) is 4.84. The van der Waals surface area contributed by atoms with Gasteiger partial charge in [0, 0.05) is 5.41 Å². The lowest BCUT2D eigenvalue weighted by molar-refractivity contribution is 0.593. The van der Waals surface area contributed by atoms with E-state index in [2.05, 4.69) is 41.2 Å². The SMILES string of the molecule is CC(C)(c1ccccc1)c1nc(N)n[nH]1. The first-order valence-corrected chi connectivity index (χ1v) is 4.84. The summed E-state index contributed by atoms with van der Waals surface area (Å²) in [6, 6.07) is 10.2. The van der Waals surface area contributed by atoms with Gasteiger partial charge in [0.2, 0.25) is 5.95 Å². The van der Waals surface area contributed by atoms with Crippen molar-refractivity contribution >= 4 is 5.95 Å². The van der Waals surface area contributed by atoms with Crippen molar-refractivity contribution in [1.82, 2.24) is 15.2 Å². The van der Waals surface area contributed by atoms with Gasteiger partial charge in [-0.2, -0.15) is 4.98 Å². The van der Waals surface area contributed by atoms with Crippen LogP contribution >= 0.6 is 0 Å². The van der Waals surface area contributed by atoms with Crippen LogP contribution in [0, 0.1) is 0 Å². The van der Waals surface area contributed by atoms with E-state index in [-0.39, 0.29) is 11.4 Å². The second-order valence-corrected chi connectivity index (χ2v) is 4.03. The van der Waals surface area contributed by atoms with Crippen molar-refractivity contribution in [3.63, 3.8) is 0 Å². The number of nitrogens with zero attached hydrogens (tertiary/aromatic N) is 2. The average molecular weight is 202 g/mol. The quantitative estimate of drug-likeness (QED) is 0.779. The van der Waals surface area contributed by atoms with Gasteiger partial charge in [0.05, 0.1) is 0 Å². The molecule has 0 atom stereocenters. The molecule has 0 amide bonds. The van der Waals surface area contributed by atoms with Crippen molar-refractivity contribution in [2.75, 3.05) is 5.73 Å². The number of nitrogens with two attached hydrogens (primary N) is 1. The Morgan fingerprint density at radius 1 is 1.20 bits per heavy atom. The Kier molecular flexibility index (Phi) is 2.19. The zero-order valence-electron chi connectivity index (χ0n) is 8.86. The molecule has 0 saturated heterocycles. The summed E-state index contributed by atoms with van der Waals surface area (Å²) in [6.07, 6.45) is 0. The van der Waals surface area contributed by atoms with Gasteiger partial charge in [0.25, 0.3) is 0 Å². The standard InChI is InChI=1S/C11H14N4/c1-11(2,8-6-4-3-5-7-8)9-13-10(12)15-14-9/h3-7H,1-2H3,(H3,12,13,14,15). The molecule has 0 unspecified atom stereocenters. The van der Waals surface area contributed by atoms with E-state index in [0.29, 0.717) is 0 Å². The van der Waals surface area contributed by atoms with E-state index in [4.69, 9.17) is 5.73 Å². The Labute approximate surface area is 88.5 Å². The molecule has 0 fully saturated rings. The molecule has 4 heteroatoms. The fourth-order valence-corrected chi connectivity index (χ4v) is 1.55. The van der Waals surface area contributed by atoms with Gasteiger partial charge in [0.1, 0.15) is 5.82 Å². The minimum Gasteiger partial charge on any atom is -0.367 e. The topological polar surface area (TPSA) is 67.6 Å². The summed E-state index contributed by atoms with van der Waals surface area (Å²) < 4.78 is 0. The third kappa shape index (κ3) is 1.70. The number of anilines is 1. The first kappa shape index (κ1) is 9.71. The molecule has 0 aliphatic carbocycles. The number of hydrogen-bond acceptors (Lipinski definition) is 3. The highest BCUT2D eigenvalue weighted by molar-refractivity contribution is 5.31. The summed E-state index contributed by atoms with van der Waals surface area (Å²) in [7, 11) is 0. The summed E-state index contributed by atoms with van der Waals surface area (Å²) in [4.78, 5) is 4.17. The molecule has 2 rings (SSSR count). The highest BCUT2D eigenvalue weighted by atomic mass is 15.3. The summed E-state index contributed by atoms with van der Waals surface area (Å²) >= 11 is 0. The minimum atomic E-state index is -0.203. The summed E-state index contributed by atoms with van der Waals surface area (Å²) in [5, 5.41) is 6.71. The molecule has 0 saturated carbocycles. The van der Waals surface area contributed by atoms with Crippen molar-refractivity contribution in [2.45, 2.75) is 19.3 Å². The number of benzene rings is 1. The molecule has 15 heavy (non-hydrogen) atoms. The van der Waals surface area contributed by atoms with Crippen molar-refractivity contribution in [3.8, 4) is 0 Å². The maximum Gasteiger partial charge on any atom is 0.239 e. The highest BCUT2D eigenvalue weighted by Crippen LogP contribution is 2.28. The maximum atomic E-state index is 5.50. The normalized spacial score (nSPS) is 11.6. The van der Waals surface area contributed by atoms with Crippen LogP contribution in [0.5, 0.6) is 0 Å². The lowest BCUT2D eigenvalue weighted by Crippen LogP contribution is -2.20. The van der Waals surface area contributed by atoms with Gasteiger partial charge in [-0.1, -0.05) is 30.3 Å². The highest BCUT2D eigenvalue weighted by Gasteiger charge is 2.26. The van der Waals surface area contributed by atoms with E-state index >= 15 is 0 Å². The van der Waals surface area contributed by atoms with E-state index in [9.17, 15) is 0 Å². The number of H-pyrrole nitrogens is 1. The first-order chi connectivity index (χ1) is 7.10. The molecule has 0 radical (unpaired) electrons. The molecular formula is C11H14N4. The van der Waals surface area contributed by atoms with Crippen molar-refractivity contribution in [3.05, 3.63) is 41.7 Å². The van der Waals surface area contributed by atoms with Crippen LogP contribution in [0.1, 0.15) is 25.2 Å². The fourth-order valence-electron chi connectivity index (χ4n) is 1.55. The Bertz CT molecular complexity index is 445. The number of nitrogen functional groups attached to an aromatic ring is 1. The smallest absolute Gasteiger partial charge is 0.239 e. The Hall–Kier alpha value is -1.84. The monoisotopic (exact) mass is 202 g/mol. The molecule has 1 aromatic heterocycles. The molecule has 0 spiro atoms. The largest absolute Gasteiger partial charge is 0.367 e. The lowest BCUT2D eigenvalue weighted by Gasteiger charge is -2.21. The summed E-state index contributed by atoms with van der Waals surface area (Å²) in [6.45, 7) is 4.17. The van der Waals surface area contributed by atoms with Crippen LogP contribution in [-0.4, -0.2) is 15.2 Å². The number of aromatic nitrogens is 3. The van der Waals surface area contributed by atoms with E-state index < -0.39 is 0 Å². The lowest BCUT2D eigenvalue weighted by atomic mass is 9.84. The number of rotatable bonds is 2. The van der Waals surface area contributed by atoms with Crippen LogP contribution in [0.4, 0.5) is 5.95 Å². The van der Waals surface area contributed by atoms with E-state index in [1.165, 1.54) is 5.56 Å². The van der Waals surface area contributed by atoms with Gasteiger partial charge in [-0.25, -0.2) is 0 Å². The molecule has 78 valence electrons. The molecule has 0 aliphatic rings. The second kappa shape index (κ2) is 3.38. The Morgan fingerprint density at radius 2 is 1.87 bits per heavy atom. The van der Waals surface area contributed by atoms with Crippen LogP contribution in [0.15, 0.2) is 30.3 Å². The zero-order chi connectivity index (χ0) is 10.9. The summed E-state index contributed by atoms with van der Waals surface area (Å²) in [5.41, 5.74) is 6.48. The van der Waals surface area contributed by atoms with E-state index in [1.807, 2.05) is 18.2 Å². The van der Waals surface area contributed by atoms with Gasteiger partial charge in [-0.3, -0.25) is 5.10 Å². The van der Waals surface area contributed by atoms with Crippen LogP contribution in [0.3, 0.4) is 0 Å². The Balaban J connectivity index is 2.43. The fraction of sp³-hybridized carbons (Fsp3) is 0.273. The van der Waals surface area contributed by atoms with Gasteiger partial charge < -0.3 is 5.73 Å². The molecule has 0 bridgehead atoms. The molecule has 1 heterocycles. The minimum absolute atomic E-state index is 0.203. The van der Waals surface area contributed by atoms with Crippen LogP contribution in [0.2, 0.25) is 0 Å². The van der Waals surface area contributed by atoms with Crippen molar-refractivity contribution in [2.24, 2.45) is 0 Å². The number of nitrogens with one attached hydrogen (secondary N) is 1. The summed E-state index contributed by atoms with van der Waals surface area (Å²) in [5.74, 6) is 1.07. The van der Waals surface area contributed by atoms with Crippen LogP contribution < -0.4 is 5.73 Å². The number of aromatic amines is 1. The van der Waals surface area contributed by atoms with Crippen LogP contribution in [0.25, 0.3) is 0 Å².